The van der Waals surface area contributed by atoms with Gasteiger partial charge in [-0.2, -0.15) is 8.01 Å². The summed E-state index contributed by atoms with van der Waals surface area (Å²) < 4.78 is 16.8. The van der Waals surface area contributed by atoms with Gasteiger partial charge in [0.15, 0.2) is 12.4 Å². The van der Waals surface area contributed by atoms with Gasteiger partial charge in [0.05, 0.1) is 6.61 Å². The lowest BCUT2D eigenvalue weighted by atomic mass is 10.1. The SMILES string of the molecule is O=IN([O-])OCCNC(=O)c1ccc[n+](COC(=O)N[C@@H](Cc2ccccc2)C(=O)O)c1. The van der Waals surface area contributed by atoms with Crippen molar-refractivity contribution in [2.45, 2.75) is 19.2 Å². The molecule has 3 N–H and O–H groups in total. The molecule has 1 aromatic carbocycles. The molecule has 13 heteroatoms. The Kier molecular flexibility index (Phi) is 10.6. The molecule has 1 atom stereocenters. The molecule has 0 fully saturated rings. The Morgan fingerprint density at radius 3 is 2.62 bits per heavy atom. The summed E-state index contributed by atoms with van der Waals surface area (Å²) in [5.74, 6) is -1.66. The van der Waals surface area contributed by atoms with E-state index in [1.807, 2.05) is 0 Å². The van der Waals surface area contributed by atoms with Gasteiger partial charge in [-0.1, -0.05) is 30.3 Å². The number of hydrogen-bond acceptors (Lipinski definition) is 7. The average molecular weight is 560 g/mol. The number of carbonyl (C=O) groups is 3. The number of hydrogen-bond donors (Lipinski definition) is 3. The molecule has 12 nitrogen and oxygen atoms in total. The zero-order valence-electron chi connectivity index (χ0n) is 16.7. The van der Waals surface area contributed by atoms with Crippen LogP contribution in [0, 0.1) is 5.21 Å². The number of nitrogens with zero attached hydrogens (tertiary/aromatic N) is 2. The Morgan fingerprint density at radius 2 is 1.94 bits per heavy atom. The minimum atomic E-state index is -1.96. The molecule has 0 unspecified atom stereocenters. The number of benzene rings is 1. The highest BCUT2D eigenvalue weighted by Crippen LogP contribution is 2.04. The van der Waals surface area contributed by atoms with Crippen molar-refractivity contribution >= 4 is 39.4 Å². The number of amides is 2. The van der Waals surface area contributed by atoms with Crippen LogP contribution < -0.4 is 15.2 Å². The van der Waals surface area contributed by atoms with E-state index in [1.165, 1.54) is 16.8 Å². The second-order valence-electron chi connectivity index (χ2n) is 6.26. The predicted molar refractivity (Wildman–Crippen MR) is 116 cm³/mol. The molecule has 1 aromatic heterocycles. The summed E-state index contributed by atoms with van der Waals surface area (Å²) in [5.41, 5.74) is 0.996. The van der Waals surface area contributed by atoms with Crippen molar-refractivity contribution in [3.63, 3.8) is 0 Å². The fourth-order valence-electron chi connectivity index (χ4n) is 2.51. The van der Waals surface area contributed by atoms with E-state index in [2.05, 4.69) is 15.5 Å². The van der Waals surface area contributed by atoms with Crippen LogP contribution in [0.5, 0.6) is 0 Å². The highest BCUT2D eigenvalue weighted by molar-refractivity contribution is 14.1. The summed E-state index contributed by atoms with van der Waals surface area (Å²) in [6, 6.07) is 10.8. The van der Waals surface area contributed by atoms with Gasteiger partial charge in [-0.15, -0.1) is 0 Å². The fourth-order valence-corrected chi connectivity index (χ4v) is 2.82. The van der Waals surface area contributed by atoms with Crippen molar-refractivity contribution in [3.8, 4) is 0 Å². The smallest absolute Gasteiger partial charge is 0.412 e. The number of carboxylic acid groups (broad SMARTS) is 1. The molecule has 0 radical (unpaired) electrons. The Balaban J connectivity index is 1.83. The quantitative estimate of drug-likeness (QED) is 0.113. The number of nitrogens with one attached hydrogen (secondary N) is 2. The highest BCUT2D eigenvalue weighted by atomic mass is 127. The summed E-state index contributed by atoms with van der Waals surface area (Å²) in [5, 5.41) is 24.9. The Morgan fingerprint density at radius 1 is 1.19 bits per heavy atom. The molecule has 0 aliphatic carbocycles. The van der Waals surface area contributed by atoms with Crippen molar-refractivity contribution in [2.75, 3.05) is 13.2 Å². The summed E-state index contributed by atoms with van der Waals surface area (Å²) in [6.07, 6.45) is 2.15. The maximum atomic E-state index is 12.1. The van der Waals surface area contributed by atoms with Crippen molar-refractivity contribution in [1.29, 1.82) is 0 Å². The molecular weight excluding hydrogens is 539 g/mol. The Labute approximate surface area is 193 Å². The van der Waals surface area contributed by atoms with Gasteiger partial charge >= 0.3 is 12.1 Å². The summed E-state index contributed by atoms with van der Waals surface area (Å²) in [7, 11) is 0. The van der Waals surface area contributed by atoms with Gasteiger partial charge in [-0.25, -0.2) is 9.59 Å². The van der Waals surface area contributed by atoms with Crippen LogP contribution in [0.4, 0.5) is 4.79 Å². The molecule has 32 heavy (non-hydrogen) atoms. The number of aliphatic carboxylic acids is 1. The molecule has 2 rings (SSSR count). The van der Waals surface area contributed by atoms with Gasteiger partial charge in [0.2, 0.25) is 0 Å². The second kappa shape index (κ2) is 13.4. The van der Waals surface area contributed by atoms with E-state index in [1.54, 1.807) is 42.6 Å². The van der Waals surface area contributed by atoms with Crippen LogP contribution in [-0.4, -0.2) is 45.7 Å². The van der Waals surface area contributed by atoms with Gasteiger partial charge in [0.1, 0.15) is 11.6 Å². The number of aromatic nitrogens is 1. The molecule has 0 aliphatic rings. The van der Waals surface area contributed by atoms with Crippen LogP contribution in [0.25, 0.3) is 0 Å². The number of carbonyl (C=O) groups excluding carboxylic acids is 2. The molecule has 172 valence electrons. The van der Waals surface area contributed by atoms with Gasteiger partial charge in [0.25, 0.3) is 34.1 Å². The van der Waals surface area contributed by atoms with Gasteiger partial charge in [-0.05, 0) is 11.6 Å². The number of ether oxygens (including phenoxy) is 1. The fraction of sp³-hybridized carbons (Fsp3) is 0.263. The summed E-state index contributed by atoms with van der Waals surface area (Å²) in [4.78, 5) is 40.1. The van der Waals surface area contributed by atoms with Crippen LogP contribution in [0.1, 0.15) is 15.9 Å². The molecule has 0 spiro atoms. The lowest BCUT2D eigenvalue weighted by molar-refractivity contribution is -0.727. The molecule has 2 aromatic rings. The van der Waals surface area contributed by atoms with E-state index < -0.39 is 45.5 Å². The van der Waals surface area contributed by atoms with E-state index in [4.69, 9.17) is 4.74 Å². The van der Waals surface area contributed by atoms with Crippen LogP contribution in [0.3, 0.4) is 0 Å². The first-order chi connectivity index (χ1) is 15.4. The Bertz CT molecular complexity index is 931. The van der Waals surface area contributed by atoms with Gasteiger partial charge in [-0.3, -0.25) is 12.7 Å². The van der Waals surface area contributed by atoms with Crippen LogP contribution >= 0.6 is 21.5 Å². The van der Waals surface area contributed by atoms with Crippen LogP contribution in [-0.2, 0) is 30.6 Å². The van der Waals surface area contributed by atoms with Crippen molar-refractivity contribution in [3.05, 3.63) is 71.2 Å². The maximum absolute atomic E-state index is 12.1. The molecular formula is C19H21IN4O8. The standard InChI is InChI=1S/C19H21IN4O8/c25-17(21-8-10-32-24(30)20-29)15-7-4-9-23(12-15)13-31-19(28)22-16(18(26)27)11-14-5-2-1-3-6-14/h1-7,9,12,16H,8,10-11,13H2,(H,21,25)(H,22,28)(H,26,27)/t16-/m0/s1. The van der Waals surface area contributed by atoms with E-state index >= 15 is 0 Å². The molecule has 0 saturated carbocycles. The maximum Gasteiger partial charge on any atom is 0.412 e. The first kappa shape index (κ1) is 25.3. The first-order valence-corrected chi connectivity index (χ1v) is 11.1. The van der Waals surface area contributed by atoms with E-state index in [9.17, 15) is 27.8 Å². The van der Waals surface area contributed by atoms with Crippen molar-refractivity contribution in [1.82, 2.24) is 14.1 Å². The third kappa shape index (κ3) is 9.01. The minimum Gasteiger partial charge on any atom is -0.751 e. The third-order valence-corrected chi connectivity index (χ3v) is 4.57. The highest BCUT2D eigenvalue weighted by Gasteiger charge is 2.22. The van der Waals surface area contributed by atoms with E-state index in [0.717, 1.165) is 5.56 Å². The average Bonchev–Trinajstić information content (AvgIpc) is 2.80. The molecule has 0 aliphatic heterocycles. The largest absolute Gasteiger partial charge is 0.751 e. The van der Waals surface area contributed by atoms with E-state index in [0.29, 0.717) is 0 Å². The number of pyridine rings is 1. The monoisotopic (exact) mass is 560 g/mol. The Hall–Kier alpha value is -3.01. The zero-order chi connectivity index (χ0) is 23.3. The van der Waals surface area contributed by atoms with Crippen molar-refractivity contribution in [2.24, 2.45) is 0 Å². The number of alkyl carbamates (subject to hydrolysis) is 1. The number of rotatable bonds is 12. The topological polar surface area (TPSA) is 161 Å². The predicted octanol–water partition coefficient (Wildman–Crippen LogP) is 1.05. The molecule has 0 bridgehead atoms. The number of halogens is 1. The van der Waals surface area contributed by atoms with Gasteiger partial charge < -0.3 is 25.7 Å². The zero-order valence-corrected chi connectivity index (χ0v) is 18.8. The minimum absolute atomic E-state index is 0.0209. The molecule has 2 amide bonds. The second-order valence-corrected chi connectivity index (χ2v) is 7.45. The van der Waals surface area contributed by atoms with Crippen LogP contribution in [0.2, 0.25) is 0 Å². The third-order valence-electron chi connectivity index (χ3n) is 3.97. The van der Waals surface area contributed by atoms with E-state index in [-0.39, 0.29) is 35.3 Å². The van der Waals surface area contributed by atoms with Crippen molar-refractivity contribution < 1.29 is 36.7 Å². The number of carboxylic acids is 1. The summed E-state index contributed by atoms with van der Waals surface area (Å²) >= 11 is -1.96. The first-order valence-electron chi connectivity index (χ1n) is 9.24. The lowest BCUT2D eigenvalue weighted by Crippen LogP contribution is -2.45. The molecule has 0 saturated heterocycles. The van der Waals surface area contributed by atoms with Crippen LogP contribution in [0.15, 0.2) is 54.9 Å². The normalized spacial score (nSPS) is 11.6. The summed E-state index contributed by atoms with van der Waals surface area (Å²) in [6.45, 7) is -0.375. The molecule has 1 heterocycles. The van der Waals surface area contributed by atoms with Gasteiger partial charge in [0, 0.05) is 19.0 Å². The lowest BCUT2D eigenvalue weighted by Gasteiger charge is -2.17.